The van der Waals surface area contributed by atoms with Gasteiger partial charge in [0, 0.05) is 18.3 Å². The van der Waals surface area contributed by atoms with Crippen LogP contribution in [0.15, 0.2) is 16.8 Å². The normalized spacial score (nSPS) is 14.8. The van der Waals surface area contributed by atoms with Crippen molar-refractivity contribution in [2.45, 2.75) is 55.4 Å². The van der Waals surface area contributed by atoms with Crippen LogP contribution in [0.3, 0.4) is 0 Å². The summed E-state index contributed by atoms with van der Waals surface area (Å²) in [7, 11) is 2.21. The Morgan fingerprint density at radius 2 is 1.20 bits per heavy atom. The van der Waals surface area contributed by atoms with Gasteiger partial charge in [-0.3, -0.25) is 0 Å². The molecule has 0 radical (unpaired) electrons. The molecule has 1 heteroatoms. The molecule has 0 saturated carbocycles. The number of rotatable bonds is 0. The van der Waals surface area contributed by atoms with Crippen LogP contribution in [0.2, 0.25) is 0 Å². The van der Waals surface area contributed by atoms with E-state index < -0.39 is 0 Å². The number of allylic oxidation sites excluding steroid dienone is 3. The van der Waals surface area contributed by atoms with Gasteiger partial charge in [0.25, 0.3) is 0 Å². The van der Waals surface area contributed by atoms with Crippen molar-refractivity contribution in [1.82, 2.24) is 0 Å². The van der Waals surface area contributed by atoms with E-state index in [4.69, 9.17) is 0 Å². The summed E-state index contributed by atoms with van der Waals surface area (Å²) in [5.41, 5.74) is 14.1. The first-order chi connectivity index (χ1) is 9.20. The van der Waals surface area contributed by atoms with Crippen LogP contribution in [0.5, 0.6) is 0 Å². The highest BCUT2D eigenvalue weighted by Crippen LogP contribution is 2.45. The molecule has 0 bridgehead atoms. The summed E-state index contributed by atoms with van der Waals surface area (Å²) < 4.78 is 0. The first kappa shape index (κ1) is 14.9. The molecule has 0 saturated heterocycles. The highest BCUT2D eigenvalue weighted by Gasteiger charge is 2.27. The van der Waals surface area contributed by atoms with E-state index in [9.17, 15) is 0 Å². The second kappa shape index (κ2) is 4.80. The van der Waals surface area contributed by atoms with Gasteiger partial charge < -0.3 is 4.90 Å². The maximum Gasteiger partial charge on any atom is 0.0519 e. The molecule has 1 aliphatic heterocycles. The molecule has 0 fully saturated rings. The molecule has 0 amide bonds. The summed E-state index contributed by atoms with van der Waals surface area (Å²) in [6, 6.07) is 0. The number of anilines is 1. The molecule has 0 aromatic heterocycles. The van der Waals surface area contributed by atoms with Crippen LogP contribution in [0.25, 0.3) is 5.57 Å². The Hall–Kier alpha value is -1.50. The molecule has 0 spiro atoms. The number of nitrogens with zero attached hydrogens (tertiary/aromatic N) is 1. The molecule has 20 heavy (non-hydrogen) atoms. The average molecular weight is 269 g/mol. The smallest absolute Gasteiger partial charge is 0.0519 e. The van der Waals surface area contributed by atoms with E-state index in [0.717, 1.165) is 0 Å². The van der Waals surface area contributed by atoms with Crippen molar-refractivity contribution >= 4 is 11.3 Å². The monoisotopic (exact) mass is 269 g/mol. The number of benzene rings is 1. The molecular weight excluding hydrogens is 242 g/mol. The lowest BCUT2D eigenvalue weighted by Crippen LogP contribution is -2.26. The zero-order valence-corrected chi connectivity index (χ0v) is 14.4. The van der Waals surface area contributed by atoms with Crippen molar-refractivity contribution < 1.29 is 0 Å². The molecule has 1 aromatic carbocycles. The number of hydrogen-bond acceptors (Lipinski definition) is 1. The minimum absolute atomic E-state index is 1.38. The highest BCUT2D eigenvalue weighted by molar-refractivity contribution is 5.90. The van der Waals surface area contributed by atoms with Crippen LogP contribution in [0, 0.1) is 27.7 Å². The molecular formula is C19H27N. The SMILES string of the molecule is CC(C)=C1C(C)=C(C)c2c(C)c(C)c(C)c(C)c2N1C. The van der Waals surface area contributed by atoms with Crippen molar-refractivity contribution in [3.8, 4) is 0 Å². The first-order valence-electron chi connectivity index (χ1n) is 7.39. The van der Waals surface area contributed by atoms with E-state index in [-0.39, 0.29) is 0 Å². The molecule has 1 heterocycles. The lowest BCUT2D eigenvalue weighted by atomic mass is 9.83. The predicted octanol–water partition coefficient (Wildman–Crippen LogP) is 5.46. The standard InChI is InChI=1S/C19H27N/c1-10(2)18-16(8)14(6)17-13(5)11(3)12(4)15(7)19(17)20(18)9/h1-9H3. The lowest BCUT2D eigenvalue weighted by molar-refractivity contribution is 1.01. The summed E-state index contributed by atoms with van der Waals surface area (Å²) >= 11 is 0. The van der Waals surface area contributed by atoms with Gasteiger partial charge in [0.1, 0.15) is 0 Å². The largest absolute Gasteiger partial charge is 0.344 e. The minimum Gasteiger partial charge on any atom is -0.344 e. The van der Waals surface area contributed by atoms with E-state index in [1.807, 2.05) is 0 Å². The van der Waals surface area contributed by atoms with Gasteiger partial charge in [0.2, 0.25) is 0 Å². The molecule has 108 valence electrons. The molecule has 0 N–H and O–H groups in total. The van der Waals surface area contributed by atoms with Crippen LogP contribution in [-0.4, -0.2) is 7.05 Å². The van der Waals surface area contributed by atoms with Gasteiger partial charge in [-0.25, -0.2) is 0 Å². The summed E-state index contributed by atoms with van der Waals surface area (Å²) in [6.45, 7) is 17.9. The van der Waals surface area contributed by atoms with Gasteiger partial charge in [0.05, 0.1) is 5.69 Å². The molecule has 0 aliphatic carbocycles. The summed E-state index contributed by atoms with van der Waals surface area (Å²) in [4.78, 5) is 2.39. The van der Waals surface area contributed by atoms with E-state index in [1.165, 1.54) is 55.9 Å². The van der Waals surface area contributed by atoms with E-state index in [0.29, 0.717) is 0 Å². The lowest BCUT2D eigenvalue weighted by Gasteiger charge is -2.37. The summed E-state index contributed by atoms with van der Waals surface area (Å²) in [6.07, 6.45) is 0. The van der Waals surface area contributed by atoms with Gasteiger partial charge >= 0.3 is 0 Å². The number of likely N-dealkylation sites (N-methyl/N-ethyl adjacent to an activating group) is 1. The van der Waals surface area contributed by atoms with Gasteiger partial charge in [-0.1, -0.05) is 5.57 Å². The van der Waals surface area contributed by atoms with E-state index in [1.54, 1.807) is 0 Å². The molecule has 1 aromatic rings. The van der Waals surface area contributed by atoms with Crippen molar-refractivity contribution in [2.24, 2.45) is 0 Å². The van der Waals surface area contributed by atoms with Gasteiger partial charge in [-0.2, -0.15) is 0 Å². The van der Waals surface area contributed by atoms with Gasteiger partial charge in [-0.05, 0) is 88.8 Å². The fraction of sp³-hybridized carbons (Fsp3) is 0.474. The van der Waals surface area contributed by atoms with Crippen LogP contribution < -0.4 is 4.90 Å². The number of hydrogen-bond donors (Lipinski definition) is 0. The quantitative estimate of drug-likeness (QED) is 0.604. The maximum absolute atomic E-state index is 2.39. The molecule has 0 unspecified atom stereocenters. The van der Waals surface area contributed by atoms with Crippen LogP contribution in [0.4, 0.5) is 5.69 Å². The third kappa shape index (κ3) is 1.83. The van der Waals surface area contributed by atoms with Crippen molar-refractivity contribution in [1.29, 1.82) is 0 Å². The second-order valence-electron chi connectivity index (χ2n) is 6.38. The topological polar surface area (TPSA) is 3.24 Å². The average Bonchev–Trinajstić information content (AvgIpc) is 2.37. The van der Waals surface area contributed by atoms with Crippen molar-refractivity contribution in [3.63, 3.8) is 0 Å². The summed E-state index contributed by atoms with van der Waals surface area (Å²) in [5, 5.41) is 0. The fourth-order valence-electron chi connectivity index (χ4n) is 3.61. The predicted molar refractivity (Wildman–Crippen MR) is 90.4 cm³/mol. The Kier molecular flexibility index (Phi) is 3.58. The molecule has 1 nitrogen and oxygen atoms in total. The molecule has 2 rings (SSSR count). The third-order valence-electron chi connectivity index (χ3n) is 5.09. The molecule has 1 aliphatic rings. The Labute approximate surface area is 124 Å². The molecule has 0 atom stereocenters. The van der Waals surface area contributed by atoms with Crippen LogP contribution in [0.1, 0.15) is 55.5 Å². The Morgan fingerprint density at radius 3 is 1.70 bits per heavy atom. The maximum atomic E-state index is 2.39. The first-order valence-corrected chi connectivity index (χ1v) is 7.39. The number of fused-ring (bicyclic) bond motifs is 1. The fourth-order valence-corrected chi connectivity index (χ4v) is 3.61. The zero-order valence-electron chi connectivity index (χ0n) is 14.4. The Morgan fingerprint density at radius 1 is 0.700 bits per heavy atom. The van der Waals surface area contributed by atoms with Crippen LogP contribution in [-0.2, 0) is 0 Å². The summed E-state index contributed by atoms with van der Waals surface area (Å²) in [5.74, 6) is 0. The van der Waals surface area contributed by atoms with Crippen molar-refractivity contribution in [3.05, 3.63) is 44.7 Å². The second-order valence-corrected chi connectivity index (χ2v) is 6.38. The van der Waals surface area contributed by atoms with Crippen molar-refractivity contribution in [2.75, 3.05) is 11.9 Å². The Bertz CT molecular complexity index is 653. The van der Waals surface area contributed by atoms with E-state index in [2.05, 4.69) is 67.3 Å². The van der Waals surface area contributed by atoms with Crippen LogP contribution >= 0.6 is 0 Å². The highest BCUT2D eigenvalue weighted by atomic mass is 15.1. The van der Waals surface area contributed by atoms with Gasteiger partial charge in [0.15, 0.2) is 0 Å². The van der Waals surface area contributed by atoms with Gasteiger partial charge in [-0.15, -0.1) is 0 Å². The zero-order chi connectivity index (χ0) is 15.4. The third-order valence-corrected chi connectivity index (χ3v) is 5.09. The Balaban J connectivity index is 2.98. The minimum atomic E-state index is 1.38. The van der Waals surface area contributed by atoms with E-state index >= 15 is 0 Å².